The Morgan fingerprint density at radius 1 is 1.09 bits per heavy atom. The molecule has 0 saturated carbocycles. The Hall–Kier alpha value is -4.79. The third-order valence-electron chi connectivity index (χ3n) is 7.74. The summed E-state index contributed by atoms with van der Waals surface area (Å²) >= 11 is 1.15. The number of nitrogens with zero attached hydrogens (tertiary/aromatic N) is 2. The first-order valence-corrected chi connectivity index (χ1v) is 14.5. The van der Waals surface area contributed by atoms with Crippen molar-refractivity contribution in [1.29, 1.82) is 0 Å². The van der Waals surface area contributed by atoms with E-state index in [2.05, 4.69) is 15.6 Å². The van der Waals surface area contributed by atoms with E-state index in [1.54, 1.807) is 13.0 Å². The van der Waals surface area contributed by atoms with Gasteiger partial charge in [0.1, 0.15) is 18.6 Å². The Bertz CT molecular complexity index is 1730. The SMILES string of the molecule is C[C@@H](NC(=O)[C@@H]1C[C@](F)(CF)CN1C(=O)CNC(=O)c1ccc2c(c1)-c1ccccc1C2(F)F)c1cc(/C(N)=N\C(=O)O)cs1. The van der Waals surface area contributed by atoms with Crippen LogP contribution in [0.2, 0.25) is 0 Å². The summed E-state index contributed by atoms with van der Waals surface area (Å²) in [4.78, 5) is 54.7. The molecule has 1 fully saturated rings. The lowest BCUT2D eigenvalue weighted by Crippen LogP contribution is -2.49. The number of carbonyl (C=O) groups is 4. The predicted molar refractivity (Wildman–Crippen MR) is 157 cm³/mol. The number of halogens is 4. The van der Waals surface area contributed by atoms with Crippen molar-refractivity contribution >= 4 is 41.0 Å². The summed E-state index contributed by atoms with van der Waals surface area (Å²) in [6.07, 6.45) is -2.09. The molecule has 1 aliphatic heterocycles. The van der Waals surface area contributed by atoms with E-state index in [0.717, 1.165) is 22.3 Å². The van der Waals surface area contributed by atoms with Gasteiger partial charge in [0.2, 0.25) is 11.8 Å². The number of thiophene rings is 1. The van der Waals surface area contributed by atoms with E-state index in [1.165, 1.54) is 41.8 Å². The fourth-order valence-electron chi connectivity index (χ4n) is 5.47. The third kappa shape index (κ3) is 6.12. The molecule has 15 heteroatoms. The Morgan fingerprint density at radius 3 is 2.51 bits per heavy atom. The van der Waals surface area contributed by atoms with Gasteiger partial charge in [0, 0.05) is 38.9 Å². The molecule has 2 heterocycles. The van der Waals surface area contributed by atoms with Gasteiger partial charge in [-0.05, 0) is 36.2 Å². The highest BCUT2D eigenvalue weighted by Crippen LogP contribution is 2.50. The Balaban J connectivity index is 1.26. The van der Waals surface area contributed by atoms with Crippen LogP contribution >= 0.6 is 11.3 Å². The normalized spacial score (nSPS) is 20.7. The number of hydrogen-bond donors (Lipinski definition) is 4. The molecule has 45 heavy (non-hydrogen) atoms. The molecule has 4 amide bonds. The molecule has 0 bridgehead atoms. The van der Waals surface area contributed by atoms with Crippen molar-refractivity contribution in [3.8, 4) is 11.1 Å². The molecular weight excluding hydrogens is 618 g/mol. The Morgan fingerprint density at radius 2 is 1.80 bits per heavy atom. The number of carboxylic acid groups (broad SMARTS) is 1. The second-order valence-corrected chi connectivity index (χ2v) is 11.8. The smallest absolute Gasteiger partial charge is 0.433 e. The molecule has 3 atom stereocenters. The van der Waals surface area contributed by atoms with Gasteiger partial charge >= 0.3 is 6.09 Å². The van der Waals surface area contributed by atoms with E-state index in [0.29, 0.717) is 10.4 Å². The first-order chi connectivity index (χ1) is 21.2. The minimum atomic E-state index is -3.23. The number of fused-ring (bicyclic) bond motifs is 3. The van der Waals surface area contributed by atoms with Crippen LogP contribution in [0.5, 0.6) is 0 Å². The second-order valence-electron chi connectivity index (χ2n) is 10.8. The van der Waals surface area contributed by atoms with Crippen molar-refractivity contribution in [2.24, 2.45) is 10.7 Å². The van der Waals surface area contributed by atoms with Crippen LogP contribution < -0.4 is 16.4 Å². The van der Waals surface area contributed by atoms with Crippen LogP contribution in [0.15, 0.2) is 58.9 Å². The molecule has 2 aliphatic rings. The maximum absolute atomic E-state index is 15.1. The molecule has 0 radical (unpaired) electrons. The monoisotopic (exact) mass is 645 g/mol. The molecule has 1 aliphatic carbocycles. The number of benzene rings is 2. The molecule has 1 aromatic heterocycles. The van der Waals surface area contributed by atoms with Crippen LogP contribution in [-0.4, -0.2) is 71.1 Å². The molecule has 3 aromatic rings. The minimum Gasteiger partial charge on any atom is -0.463 e. The number of hydrogen-bond acceptors (Lipinski definition) is 5. The second kappa shape index (κ2) is 12.0. The van der Waals surface area contributed by atoms with E-state index < -0.39 is 73.7 Å². The summed E-state index contributed by atoms with van der Waals surface area (Å²) < 4.78 is 58.5. The zero-order valence-corrected chi connectivity index (χ0v) is 24.5. The number of rotatable bonds is 8. The van der Waals surface area contributed by atoms with Gasteiger partial charge in [0.15, 0.2) is 5.67 Å². The lowest BCUT2D eigenvalue weighted by atomic mass is 10.0. The average molecular weight is 646 g/mol. The van der Waals surface area contributed by atoms with Crippen molar-refractivity contribution in [3.63, 3.8) is 0 Å². The maximum atomic E-state index is 15.1. The molecule has 1 saturated heterocycles. The summed E-state index contributed by atoms with van der Waals surface area (Å²) in [5, 5.41) is 15.4. The van der Waals surface area contributed by atoms with Crippen molar-refractivity contribution in [2.75, 3.05) is 19.8 Å². The number of likely N-dealkylation sites (tertiary alicyclic amines) is 1. The highest BCUT2D eigenvalue weighted by atomic mass is 32.1. The van der Waals surface area contributed by atoms with Crippen LogP contribution in [-0.2, 0) is 15.5 Å². The quantitative estimate of drug-likeness (QED) is 0.164. The fraction of sp³-hybridized carbons (Fsp3) is 0.300. The molecular formula is C30H27F4N5O5S. The molecule has 0 unspecified atom stereocenters. The summed E-state index contributed by atoms with van der Waals surface area (Å²) in [7, 11) is 0. The van der Waals surface area contributed by atoms with Crippen LogP contribution in [0.25, 0.3) is 11.1 Å². The Labute approximate surface area is 257 Å². The van der Waals surface area contributed by atoms with Gasteiger partial charge in [-0.2, -0.15) is 13.8 Å². The van der Waals surface area contributed by atoms with E-state index in [-0.39, 0.29) is 33.7 Å². The first-order valence-electron chi connectivity index (χ1n) is 13.6. The zero-order chi connectivity index (χ0) is 32.7. The predicted octanol–water partition coefficient (Wildman–Crippen LogP) is 4.14. The number of amidine groups is 1. The highest BCUT2D eigenvalue weighted by Gasteiger charge is 2.50. The molecule has 10 nitrogen and oxygen atoms in total. The molecule has 5 N–H and O–H groups in total. The van der Waals surface area contributed by atoms with Gasteiger partial charge in [-0.3, -0.25) is 14.4 Å². The van der Waals surface area contributed by atoms with Crippen LogP contribution in [0.4, 0.5) is 22.4 Å². The average Bonchev–Trinajstić information content (AvgIpc) is 3.70. The molecule has 236 valence electrons. The summed E-state index contributed by atoms with van der Waals surface area (Å²) in [6.45, 7) is -1.23. The van der Waals surface area contributed by atoms with Gasteiger partial charge in [0.25, 0.3) is 11.8 Å². The lowest BCUT2D eigenvalue weighted by Gasteiger charge is -2.25. The lowest BCUT2D eigenvalue weighted by molar-refractivity contribution is -0.138. The number of amides is 4. The third-order valence-corrected chi connectivity index (χ3v) is 8.86. The van der Waals surface area contributed by atoms with Gasteiger partial charge in [-0.1, -0.05) is 30.3 Å². The highest BCUT2D eigenvalue weighted by molar-refractivity contribution is 7.10. The zero-order valence-electron chi connectivity index (χ0n) is 23.7. The molecule has 0 spiro atoms. The van der Waals surface area contributed by atoms with Crippen LogP contribution in [0, 0.1) is 0 Å². The number of nitrogens with one attached hydrogen (secondary N) is 2. The van der Waals surface area contributed by atoms with Gasteiger partial charge in [-0.25, -0.2) is 13.6 Å². The molecule has 5 rings (SSSR count). The van der Waals surface area contributed by atoms with Gasteiger partial charge in [0.05, 0.1) is 19.1 Å². The summed E-state index contributed by atoms with van der Waals surface area (Å²) in [5.74, 6) is -5.86. The van der Waals surface area contributed by atoms with Crippen molar-refractivity contribution in [3.05, 3.63) is 81.0 Å². The van der Waals surface area contributed by atoms with Gasteiger partial charge < -0.3 is 26.4 Å². The number of nitrogens with two attached hydrogens (primary N) is 1. The van der Waals surface area contributed by atoms with Crippen molar-refractivity contribution in [2.45, 2.75) is 37.0 Å². The number of aliphatic imine (C=N–C) groups is 1. The fourth-order valence-corrected chi connectivity index (χ4v) is 6.38. The number of carbonyl (C=O) groups excluding carboxylic acids is 3. The largest absolute Gasteiger partial charge is 0.463 e. The van der Waals surface area contributed by atoms with E-state index in [1.807, 2.05) is 0 Å². The topological polar surface area (TPSA) is 154 Å². The van der Waals surface area contributed by atoms with Crippen molar-refractivity contribution in [1.82, 2.24) is 15.5 Å². The Kier molecular flexibility index (Phi) is 8.40. The maximum Gasteiger partial charge on any atom is 0.433 e. The summed E-state index contributed by atoms with van der Waals surface area (Å²) in [5.41, 5.74) is 3.52. The van der Waals surface area contributed by atoms with Crippen LogP contribution in [0.3, 0.4) is 0 Å². The van der Waals surface area contributed by atoms with Crippen LogP contribution in [0.1, 0.15) is 51.3 Å². The summed E-state index contributed by atoms with van der Waals surface area (Å²) in [6, 6.07) is 9.03. The number of alkyl halides is 4. The van der Waals surface area contributed by atoms with E-state index >= 15 is 4.39 Å². The standard InChI is InChI=1S/C30H27F4N5O5S/c1-15(23-9-17(12-45-23)25(35)38-28(43)44)37-27(42)22-10-29(32,13-31)14-39(22)24(40)11-36-26(41)16-6-7-21-19(8-16)18-4-2-3-5-20(18)30(21,33)34/h2-9,12,15,22H,10-11,13-14H2,1H3,(H2,35,38)(H,36,41)(H,37,42)(H,43,44)/t15-,22+,29+/m1/s1. The molecule has 2 aromatic carbocycles. The van der Waals surface area contributed by atoms with E-state index in [4.69, 9.17) is 10.8 Å². The first kappa shape index (κ1) is 31.6. The van der Waals surface area contributed by atoms with Crippen molar-refractivity contribution < 1.29 is 41.8 Å². The minimum absolute atomic E-state index is 0.00606. The van der Waals surface area contributed by atoms with Gasteiger partial charge in [-0.15, -0.1) is 11.3 Å². The van der Waals surface area contributed by atoms with E-state index in [9.17, 15) is 32.3 Å².